The molecule has 0 bridgehead atoms. The Kier molecular flexibility index (Phi) is 9.54. The largest absolute Gasteiger partial charge is 0.469 e. The fourth-order valence-electron chi connectivity index (χ4n) is 3.15. The minimum absolute atomic E-state index is 0. The highest BCUT2D eigenvalue weighted by molar-refractivity contribution is 14.0. The van der Waals surface area contributed by atoms with Crippen molar-refractivity contribution < 1.29 is 14.3 Å². The van der Waals surface area contributed by atoms with E-state index in [0.29, 0.717) is 25.2 Å². The third-order valence-electron chi connectivity index (χ3n) is 4.63. The van der Waals surface area contributed by atoms with Crippen molar-refractivity contribution in [3.8, 4) is 0 Å². The zero-order chi connectivity index (χ0) is 19.1. The van der Waals surface area contributed by atoms with Gasteiger partial charge in [0.15, 0.2) is 5.96 Å². The summed E-state index contributed by atoms with van der Waals surface area (Å²) in [5.41, 5.74) is 1.70. The molecule has 2 atom stereocenters. The van der Waals surface area contributed by atoms with E-state index < -0.39 is 0 Å². The molecule has 8 heteroatoms. The normalized spacial score (nSPS) is 19.3. The van der Waals surface area contributed by atoms with Crippen molar-refractivity contribution in [2.75, 3.05) is 33.8 Å². The molecule has 0 saturated carbocycles. The highest BCUT2D eigenvalue weighted by Gasteiger charge is 2.36. The van der Waals surface area contributed by atoms with Crippen LogP contribution in [-0.2, 0) is 16.1 Å². The van der Waals surface area contributed by atoms with Crippen LogP contribution in [0.1, 0.15) is 29.8 Å². The maximum Gasteiger partial charge on any atom is 0.310 e. The Balaban J connectivity index is 0.00000364. The number of ether oxygens (including phenoxy) is 1. The third-order valence-corrected chi connectivity index (χ3v) is 4.63. The molecule has 1 saturated heterocycles. The number of likely N-dealkylation sites (tertiary alicyclic amines) is 1. The predicted molar refractivity (Wildman–Crippen MR) is 116 cm³/mol. The molecule has 1 aromatic rings. The van der Waals surface area contributed by atoms with Gasteiger partial charge in [0.25, 0.3) is 5.91 Å². The summed E-state index contributed by atoms with van der Waals surface area (Å²) in [5, 5.41) is 6.10. The van der Waals surface area contributed by atoms with E-state index in [0.717, 1.165) is 18.1 Å². The maximum atomic E-state index is 11.9. The Morgan fingerprint density at radius 2 is 1.89 bits per heavy atom. The van der Waals surface area contributed by atoms with Gasteiger partial charge in [0.05, 0.1) is 13.0 Å². The van der Waals surface area contributed by atoms with Crippen LogP contribution in [0.4, 0.5) is 0 Å². The van der Waals surface area contributed by atoms with E-state index in [-0.39, 0.29) is 47.7 Å². The number of nitrogens with one attached hydrogen (secondary N) is 2. The highest BCUT2D eigenvalue weighted by atomic mass is 127. The summed E-state index contributed by atoms with van der Waals surface area (Å²) in [4.78, 5) is 30.0. The molecule has 0 spiro atoms. The van der Waals surface area contributed by atoms with Crippen LogP contribution in [-0.4, -0.2) is 56.5 Å². The van der Waals surface area contributed by atoms with Crippen LogP contribution in [0, 0.1) is 11.8 Å². The van der Waals surface area contributed by atoms with Crippen molar-refractivity contribution in [3.05, 3.63) is 35.4 Å². The number of nitrogens with zero attached hydrogens (tertiary/aromatic N) is 2. The molecule has 1 aliphatic heterocycles. The molecule has 1 aliphatic rings. The van der Waals surface area contributed by atoms with Gasteiger partial charge in [0, 0.05) is 38.8 Å². The second-order valence-corrected chi connectivity index (χ2v) is 6.47. The first-order chi connectivity index (χ1) is 12.5. The molecule has 7 nitrogen and oxygen atoms in total. The molecule has 1 heterocycles. The first kappa shape index (κ1) is 23.2. The van der Waals surface area contributed by atoms with E-state index in [2.05, 4.69) is 27.4 Å². The SMILES string of the molecule is CCNC(=O)c1ccc(CNC(=NC)N2CC(C)C(C(=O)OC)C2)cc1.I. The smallest absolute Gasteiger partial charge is 0.310 e. The number of amides is 1. The Morgan fingerprint density at radius 1 is 1.22 bits per heavy atom. The van der Waals surface area contributed by atoms with Crippen LogP contribution in [0.3, 0.4) is 0 Å². The van der Waals surface area contributed by atoms with E-state index in [1.165, 1.54) is 7.11 Å². The molecule has 0 radical (unpaired) electrons. The predicted octanol–water partition coefficient (Wildman–Crippen LogP) is 1.87. The lowest BCUT2D eigenvalue weighted by molar-refractivity contribution is -0.145. The fourth-order valence-corrected chi connectivity index (χ4v) is 3.15. The third kappa shape index (κ3) is 6.08. The summed E-state index contributed by atoms with van der Waals surface area (Å²) in [6.45, 7) is 6.51. The molecule has 1 aromatic carbocycles. The monoisotopic (exact) mass is 488 g/mol. The van der Waals surface area contributed by atoms with Gasteiger partial charge in [-0.3, -0.25) is 14.6 Å². The average molecular weight is 488 g/mol. The number of carbonyl (C=O) groups is 2. The molecular formula is C19H29IN4O3. The number of hydrogen-bond acceptors (Lipinski definition) is 4. The van der Waals surface area contributed by atoms with Gasteiger partial charge < -0.3 is 20.3 Å². The van der Waals surface area contributed by atoms with Gasteiger partial charge in [-0.25, -0.2) is 0 Å². The summed E-state index contributed by atoms with van der Waals surface area (Å²) < 4.78 is 4.88. The molecule has 2 N–H and O–H groups in total. The fraction of sp³-hybridized carbons (Fsp3) is 0.526. The van der Waals surface area contributed by atoms with Crippen LogP contribution in [0.15, 0.2) is 29.3 Å². The minimum atomic E-state index is -0.170. The lowest BCUT2D eigenvalue weighted by atomic mass is 9.99. The zero-order valence-corrected chi connectivity index (χ0v) is 18.7. The summed E-state index contributed by atoms with van der Waals surface area (Å²) >= 11 is 0. The van der Waals surface area contributed by atoms with Gasteiger partial charge in [-0.05, 0) is 30.5 Å². The van der Waals surface area contributed by atoms with Gasteiger partial charge in [-0.15, -0.1) is 24.0 Å². The summed E-state index contributed by atoms with van der Waals surface area (Å²) in [6.07, 6.45) is 0. The second-order valence-electron chi connectivity index (χ2n) is 6.47. The molecule has 1 amide bonds. The van der Waals surface area contributed by atoms with Crippen molar-refractivity contribution in [1.82, 2.24) is 15.5 Å². The topological polar surface area (TPSA) is 83.0 Å². The number of benzene rings is 1. The summed E-state index contributed by atoms with van der Waals surface area (Å²) in [6, 6.07) is 7.48. The molecule has 2 unspecified atom stereocenters. The van der Waals surface area contributed by atoms with Gasteiger partial charge in [0.2, 0.25) is 0 Å². The first-order valence-electron chi connectivity index (χ1n) is 8.90. The van der Waals surface area contributed by atoms with Crippen LogP contribution < -0.4 is 10.6 Å². The number of rotatable bonds is 5. The first-order valence-corrected chi connectivity index (χ1v) is 8.90. The molecule has 2 rings (SSSR count). The molecular weight excluding hydrogens is 459 g/mol. The average Bonchev–Trinajstić information content (AvgIpc) is 3.04. The molecule has 27 heavy (non-hydrogen) atoms. The van der Waals surface area contributed by atoms with Crippen molar-refractivity contribution in [2.24, 2.45) is 16.8 Å². The minimum Gasteiger partial charge on any atom is -0.469 e. The van der Waals surface area contributed by atoms with Crippen LogP contribution in [0.5, 0.6) is 0 Å². The lowest BCUT2D eigenvalue weighted by Gasteiger charge is -2.21. The molecule has 150 valence electrons. The van der Waals surface area contributed by atoms with Crippen LogP contribution in [0.2, 0.25) is 0 Å². The van der Waals surface area contributed by atoms with Gasteiger partial charge in [-0.1, -0.05) is 19.1 Å². The standard InChI is InChI=1S/C19H28N4O3.HI/c1-5-21-17(24)15-8-6-14(7-9-15)10-22-19(20-3)23-11-13(2)16(12-23)18(25)26-4;/h6-9,13,16H,5,10-12H2,1-4H3,(H,20,22)(H,21,24);1H. The van der Waals surface area contributed by atoms with Crippen molar-refractivity contribution in [3.63, 3.8) is 0 Å². The number of methoxy groups -OCH3 is 1. The Labute approximate surface area is 178 Å². The molecule has 0 aliphatic carbocycles. The number of hydrogen-bond donors (Lipinski definition) is 2. The lowest BCUT2D eigenvalue weighted by Crippen LogP contribution is -2.40. The quantitative estimate of drug-likeness (QED) is 0.286. The van der Waals surface area contributed by atoms with Gasteiger partial charge >= 0.3 is 5.97 Å². The molecule has 0 aromatic heterocycles. The van der Waals surface area contributed by atoms with Crippen LogP contribution in [0.25, 0.3) is 0 Å². The summed E-state index contributed by atoms with van der Waals surface area (Å²) in [5.74, 6) is 0.613. The van der Waals surface area contributed by atoms with E-state index in [9.17, 15) is 9.59 Å². The maximum absolute atomic E-state index is 11.9. The Morgan fingerprint density at radius 3 is 2.44 bits per heavy atom. The summed E-state index contributed by atoms with van der Waals surface area (Å²) in [7, 11) is 3.16. The van der Waals surface area contributed by atoms with Crippen molar-refractivity contribution in [1.29, 1.82) is 0 Å². The second kappa shape index (κ2) is 11.1. The number of carbonyl (C=O) groups excluding carboxylic acids is 2. The van der Waals surface area contributed by atoms with E-state index in [4.69, 9.17) is 4.74 Å². The van der Waals surface area contributed by atoms with Gasteiger partial charge in [-0.2, -0.15) is 0 Å². The van der Waals surface area contributed by atoms with Gasteiger partial charge in [0.1, 0.15) is 0 Å². The number of aliphatic imine (C=N–C) groups is 1. The van der Waals surface area contributed by atoms with Crippen molar-refractivity contribution >= 4 is 41.8 Å². The van der Waals surface area contributed by atoms with E-state index >= 15 is 0 Å². The number of halogens is 1. The van der Waals surface area contributed by atoms with Crippen molar-refractivity contribution in [2.45, 2.75) is 20.4 Å². The highest BCUT2D eigenvalue weighted by Crippen LogP contribution is 2.24. The molecule has 1 fully saturated rings. The Bertz CT molecular complexity index is 663. The van der Waals surface area contributed by atoms with E-state index in [1.54, 1.807) is 7.05 Å². The van der Waals surface area contributed by atoms with Crippen LogP contribution >= 0.6 is 24.0 Å². The van der Waals surface area contributed by atoms with E-state index in [1.807, 2.05) is 31.2 Å². The zero-order valence-electron chi connectivity index (χ0n) is 16.3. The number of guanidine groups is 1. The Hall–Kier alpha value is -1.84. The number of esters is 1.